The van der Waals surface area contributed by atoms with Crippen LogP contribution in [-0.2, 0) is 4.74 Å². The molecule has 5 heteroatoms. The summed E-state index contributed by atoms with van der Waals surface area (Å²) in [7, 11) is 0. The number of ketones is 1. The van der Waals surface area contributed by atoms with Gasteiger partial charge in [0.2, 0.25) is 0 Å². The highest BCUT2D eigenvalue weighted by molar-refractivity contribution is 6.07. The quantitative estimate of drug-likeness (QED) is 0.633. The molecule has 0 aromatic heterocycles. The van der Waals surface area contributed by atoms with Crippen molar-refractivity contribution in [3.63, 3.8) is 0 Å². The second-order valence-corrected chi connectivity index (χ2v) is 5.52. The number of benzene rings is 2. The summed E-state index contributed by atoms with van der Waals surface area (Å²) >= 11 is 0. The minimum Gasteiger partial charge on any atom is -0.378 e. The molecule has 1 heterocycles. The predicted octanol–water partition coefficient (Wildman–Crippen LogP) is 3.70. The van der Waals surface area contributed by atoms with Crippen molar-refractivity contribution >= 4 is 17.5 Å². The second-order valence-electron chi connectivity index (χ2n) is 5.52. The maximum atomic E-state index is 14.3. The molecule has 1 fully saturated rings. The van der Waals surface area contributed by atoms with E-state index in [1.54, 1.807) is 24.3 Å². The Labute approximate surface area is 139 Å². The second kappa shape index (κ2) is 7.36. The van der Waals surface area contributed by atoms with E-state index < -0.39 is 5.82 Å². The van der Waals surface area contributed by atoms with E-state index in [2.05, 4.69) is 0 Å². The van der Waals surface area contributed by atoms with Crippen molar-refractivity contribution in [1.82, 2.24) is 0 Å². The van der Waals surface area contributed by atoms with Crippen LogP contribution in [0.15, 0.2) is 48.5 Å². The van der Waals surface area contributed by atoms with Gasteiger partial charge in [-0.15, -0.1) is 0 Å². The Balaban J connectivity index is 1.74. The van der Waals surface area contributed by atoms with E-state index in [1.807, 2.05) is 4.90 Å². The van der Waals surface area contributed by atoms with Gasteiger partial charge in [0.1, 0.15) is 11.6 Å². The number of nitrogens with zero attached hydrogens (tertiary/aromatic N) is 1. The molecule has 0 amide bonds. The summed E-state index contributed by atoms with van der Waals surface area (Å²) in [5.41, 5.74) is 1.31. The molecule has 2 aromatic carbocycles. The Kier molecular flexibility index (Phi) is 5.01. The summed E-state index contributed by atoms with van der Waals surface area (Å²) in [5.74, 6) is -1.13. The van der Waals surface area contributed by atoms with Crippen LogP contribution in [0.4, 0.5) is 14.5 Å². The first kappa shape index (κ1) is 16.3. The number of hydrogen-bond acceptors (Lipinski definition) is 3. The smallest absolute Gasteiger partial charge is 0.185 e. The van der Waals surface area contributed by atoms with E-state index >= 15 is 0 Å². The average molecular weight is 329 g/mol. The molecule has 0 N–H and O–H groups in total. The molecule has 0 atom stereocenters. The third-order valence-electron chi connectivity index (χ3n) is 3.86. The van der Waals surface area contributed by atoms with Crippen LogP contribution < -0.4 is 4.90 Å². The molecule has 0 radical (unpaired) electrons. The molecule has 0 bridgehead atoms. The molecule has 24 heavy (non-hydrogen) atoms. The summed E-state index contributed by atoms with van der Waals surface area (Å²) in [6.07, 6.45) is 2.83. The van der Waals surface area contributed by atoms with Gasteiger partial charge in [-0.25, -0.2) is 8.78 Å². The van der Waals surface area contributed by atoms with Crippen molar-refractivity contribution in [2.45, 2.75) is 0 Å². The molecule has 124 valence electrons. The minimum absolute atomic E-state index is 0.261. The maximum absolute atomic E-state index is 14.3. The Hall–Kier alpha value is -2.53. The molecular weight excluding hydrogens is 312 g/mol. The lowest BCUT2D eigenvalue weighted by Gasteiger charge is -2.29. The third-order valence-corrected chi connectivity index (χ3v) is 3.86. The van der Waals surface area contributed by atoms with Gasteiger partial charge in [0.25, 0.3) is 0 Å². The van der Waals surface area contributed by atoms with Crippen LogP contribution in [0.5, 0.6) is 0 Å². The van der Waals surface area contributed by atoms with Crippen LogP contribution in [0.3, 0.4) is 0 Å². The molecule has 1 aliphatic heterocycles. The van der Waals surface area contributed by atoms with Crippen LogP contribution >= 0.6 is 0 Å². The first-order valence-electron chi connectivity index (χ1n) is 7.74. The van der Waals surface area contributed by atoms with Crippen molar-refractivity contribution in [1.29, 1.82) is 0 Å². The van der Waals surface area contributed by atoms with Crippen molar-refractivity contribution < 1.29 is 18.3 Å². The number of allylic oxidation sites excluding steroid dienone is 1. The number of rotatable bonds is 4. The Morgan fingerprint density at radius 3 is 2.58 bits per heavy atom. The van der Waals surface area contributed by atoms with Gasteiger partial charge in [-0.3, -0.25) is 4.79 Å². The van der Waals surface area contributed by atoms with E-state index in [-0.39, 0.29) is 17.2 Å². The first-order chi connectivity index (χ1) is 11.6. The number of morpholine rings is 1. The van der Waals surface area contributed by atoms with Crippen LogP contribution in [-0.4, -0.2) is 32.1 Å². The van der Waals surface area contributed by atoms with Gasteiger partial charge in [0.05, 0.1) is 18.9 Å². The Morgan fingerprint density at radius 1 is 1.08 bits per heavy atom. The number of carbonyl (C=O) groups excluding carboxylic acids is 1. The molecule has 1 saturated heterocycles. The number of carbonyl (C=O) groups is 1. The van der Waals surface area contributed by atoms with Gasteiger partial charge in [-0.05, 0) is 42.0 Å². The summed E-state index contributed by atoms with van der Waals surface area (Å²) in [6.45, 7) is 2.39. The molecule has 1 aliphatic rings. The lowest BCUT2D eigenvalue weighted by Crippen LogP contribution is -2.36. The molecule has 2 aromatic rings. The van der Waals surface area contributed by atoms with Gasteiger partial charge in [-0.2, -0.15) is 0 Å². The SMILES string of the molecule is O=C(/C=C/c1cccc(F)c1)c1ccc(N2CCOCC2)c(F)c1. The zero-order valence-electron chi connectivity index (χ0n) is 13.0. The fourth-order valence-electron chi connectivity index (χ4n) is 2.60. The van der Waals surface area contributed by atoms with Gasteiger partial charge in [-0.1, -0.05) is 18.2 Å². The summed E-state index contributed by atoms with van der Waals surface area (Å²) < 4.78 is 32.7. The van der Waals surface area contributed by atoms with Crippen molar-refractivity contribution in [2.24, 2.45) is 0 Å². The zero-order valence-corrected chi connectivity index (χ0v) is 13.0. The summed E-state index contributed by atoms with van der Waals surface area (Å²) in [4.78, 5) is 14.1. The number of hydrogen-bond donors (Lipinski definition) is 0. The Bertz CT molecular complexity index is 768. The largest absolute Gasteiger partial charge is 0.378 e. The number of halogens is 2. The molecule has 3 rings (SSSR count). The monoisotopic (exact) mass is 329 g/mol. The molecule has 0 unspecified atom stereocenters. The number of anilines is 1. The highest BCUT2D eigenvalue weighted by Crippen LogP contribution is 2.22. The lowest BCUT2D eigenvalue weighted by atomic mass is 10.1. The average Bonchev–Trinajstić information content (AvgIpc) is 2.60. The van der Waals surface area contributed by atoms with E-state index in [1.165, 1.54) is 30.4 Å². The standard InChI is InChI=1S/C19H17F2NO2/c20-16-3-1-2-14(12-16)4-7-19(23)15-5-6-18(17(21)13-15)22-8-10-24-11-9-22/h1-7,12-13H,8-11H2/b7-4+. The third kappa shape index (κ3) is 3.86. The fourth-order valence-corrected chi connectivity index (χ4v) is 2.60. The lowest BCUT2D eigenvalue weighted by molar-refractivity contribution is 0.104. The van der Waals surface area contributed by atoms with Crippen LogP contribution in [0.25, 0.3) is 6.08 Å². The highest BCUT2D eigenvalue weighted by Gasteiger charge is 2.16. The highest BCUT2D eigenvalue weighted by atomic mass is 19.1. The van der Waals surface area contributed by atoms with Gasteiger partial charge >= 0.3 is 0 Å². The van der Waals surface area contributed by atoms with Crippen LogP contribution in [0.2, 0.25) is 0 Å². The Morgan fingerprint density at radius 2 is 1.88 bits per heavy atom. The zero-order chi connectivity index (χ0) is 16.9. The summed E-state index contributed by atoms with van der Waals surface area (Å²) in [5, 5.41) is 0. The molecule has 0 aliphatic carbocycles. The normalized spacial score (nSPS) is 15.0. The topological polar surface area (TPSA) is 29.5 Å². The molecule has 3 nitrogen and oxygen atoms in total. The first-order valence-corrected chi connectivity index (χ1v) is 7.74. The van der Waals surface area contributed by atoms with Gasteiger partial charge in [0, 0.05) is 18.7 Å². The molecule has 0 spiro atoms. The maximum Gasteiger partial charge on any atom is 0.185 e. The van der Waals surface area contributed by atoms with Gasteiger partial charge in [0.15, 0.2) is 5.78 Å². The molecular formula is C19H17F2NO2. The molecule has 0 saturated carbocycles. The van der Waals surface area contributed by atoms with Gasteiger partial charge < -0.3 is 9.64 Å². The van der Waals surface area contributed by atoms with Crippen LogP contribution in [0.1, 0.15) is 15.9 Å². The van der Waals surface area contributed by atoms with Crippen molar-refractivity contribution in [3.05, 3.63) is 71.3 Å². The minimum atomic E-state index is -0.429. The van der Waals surface area contributed by atoms with E-state index in [9.17, 15) is 13.6 Å². The van der Waals surface area contributed by atoms with E-state index in [4.69, 9.17) is 4.74 Å². The fraction of sp³-hybridized carbons (Fsp3) is 0.211. The van der Waals surface area contributed by atoms with Crippen molar-refractivity contribution in [3.8, 4) is 0 Å². The predicted molar refractivity (Wildman–Crippen MR) is 89.2 cm³/mol. The number of ether oxygens (including phenoxy) is 1. The van der Waals surface area contributed by atoms with Crippen molar-refractivity contribution in [2.75, 3.05) is 31.2 Å². The van der Waals surface area contributed by atoms with Crippen LogP contribution in [0, 0.1) is 11.6 Å². The summed E-state index contributed by atoms with van der Waals surface area (Å²) in [6, 6.07) is 10.4. The van der Waals surface area contributed by atoms with E-state index in [0.29, 0.717) is 37.6 Å². The van der Waals surface area contributed by atoms with E-state index in [0.717, 1.165) is 0 Å².